The highest BCUT2D eigenvalue weighted by atomic mass is 16.4. The zero-order chi connectivity index (χ0) is 23.3. The molecule has 0 radical (unpaired) electrons. The lowest BCUT2D eigenvalue weighted by Gasteiger charge is -2.06. The topological polar surface area (TPSA) is 117 Å². The smallest absolute Gasteiger partial charge is 0.336 e. The second-order valence-electron chi connectivity index (χ2n) is 7.06. The molecule has 0 unspecified atom stereocenters. The van der Waals surface area contributed by atoms with Crippen molar-refractivity contribution in [2.24, 2.45) is 0 Å². The van der Waals surface area contributed by atoms with Gasteiger partial charge < -0.3 is 19.9 Å². The van der Waals surface area contributed by atoms with Crippen molar-refractivity contribution >= 4 is 28.8 Å². The summed E-state index contributed by atoms with van der Waals surface area (Å²) in [5.74, 6) is -3.11. The summed E-state index contributed by atoms with van der Waals surface area (Å²) in [5.41, 5.74) is 2.83. The van der Waals surface area contributed by atoms with Crippen LogP contribution in [0.3, 0.4) is 0 Å². The Morgan fingerprint density at radius 3 is 1.78 bits per heavy atom. The molecular weight excluding hydrogens is 410 g/mol. The van der Waals surface area contributed by atoms with Gasteiger partial charge in [0, 0.05) is 23.6 Å². The minimum atomic E-state index is -1.11. The summed E-state index contributed by atoms with van der Waals surface area (Å²) in [6.45, 7) is 2.22. The molecule has 0 spiro atoms. The Labute approximate surface area is 183 Å². The Hall–Kier alpha value is -4.39. The standard InChI is InChI=1S/C16H13NO2.C9H8O4/c18-16(19)14-7-4-8-15-13(14)9-10-17(15)11-12-5-2-1-3-6-12;1-5-6(8(10)11)3-2-4-7(5)9(12)13/h1-10H,11H2,(H,18,19);2-4H,1H3,(H,10,11)(H,12,13). The molecule has 4 rings (SSSR count). The van der Waals surface area contributed by atoms with Gasteiger partial charge in [-0.2, -0.15) is 0 Å². The SMILES string of the molecule is Cc1c(C(=O)O)cccc1C(=O)O.O=C(O)c1cccc2c1ccn2Cc1ccccc1. The van der Waals surface area contributed by atoms with Crippen LogP contribution in [0.2, 0.25) is 0 Å². The summed E-state index contributed by atoms with van der Waals surface area (Å²) < 4.78 is 2.07. The predicted molar refractivity (Wildman–Crippen MR) is 120 cm³/mol. The van der Waals surface area contributed by atoms with Crippen molar-refractivity contribution in [3.63, 3.8) is 0 Å². The summed E-state index contributed by atoms with van der Waals surface area (Å²) in [4.78, 5) is 32.4. The molecular formula is C25H21NO6. The summed E-state index contributed by atoms with van der Waals surface area (Å²) in [6, 6.07) is 21.5. The third-order valence-electron chi connectivity index (χ3n) is 5.03. The average Bonchev–Trinajstić information content (AvgIpc) is 3.17. The van der Waals surface area contributed by atoms with Gasteiger partial charge in [0.05, 0.1) is 16.7 Å². The molecule has 162 valence electrons. The van der Waals surface area contributed by atoms with E-state index in [9.17, 15) is 19.5 Å². The van der Waals surface area contributed by atoms with E-state index in [4.69, 9.17) is 10.2 Å². The average molecular weight is 431 g/mol. The van der Waals surface area contributed by atoms with Crippen LogP contribution in [0.5, 0.6) is 0 Å². The molecule has 0 atom stereocenters. The quantitative estimate of drug-likeness (QED) is 0.419. The fourth-order valence-electron chi connectivity index (χ4n) is 3.43. The Morgan fingerprint density at radius 1 is 0.688 bits per heavy atom. The molecule has 0 aliphatic heterocycles. The van der Waals surface area contributed by atoms with E-state index < -0.39 is 17.9 Å². The minimum Gasteiger partial charge on any atom is -0.478 e. The summed E-state index contributed by atoms with van der Waals surface area (Å²) in [7, 11) is 0. The number of carbonyl (C=O) groups is 3. The van der Waals surface area contributed by atoms with Crippen LogP contribution in [0.4, 0.5) is 0 Å². The normalized spacial score (nSPS) is 10.3. The van der Waals surface area contributed by atoms with Crippen molar-refractivity contribution in [2.75, 3.05) is 0 Å². The van der Waals surface area contributed by atoms with E-state index in [2.05, 4.69) is 16.7 Å². The van der Waals surface area contributed by atoms with Crippen LogP contribution < -0.4 is 0 Å². The van der Waals surface area contributed by atoms with Crippen LogP contribution in [0.15, 0.2) is 79.0 Å². The lowest BCUT2D eigenvalue weighted by Crippen LogP contribution is -2.06. The second kappa shape index (κ2) is 9.61. The fraction of sp³-hybridized carbons (Fsp3) is 0.0800. The van der Waals surface area contributed by atoms with Gasteiger partial charge in [-0.15, -0.1) is 0 Å². The molecule has 32 heavy (non-hydrogen) atoms. The Morgan fingerprint density at radius 2 is 1.22 bits per heavy atom. The van der Waals surface area contributed by atoms with Gasteiger partial charge in [-0.3, -0.25) is 0 Å². The minimum absolute atomic E-state index is 0.0277. The summed E-state index contributed by atoms with van der Waals surface area (Å²) >= 11 is 0. The zero-order valence-electron chi connectivity index (χ0n) is 17.2. The first kappa shape index (κ1) is 22.3. The number of hydrogen-bond donors (Lipinski definition) is 3. The highest BCUT2D eigenvalue weighted by molar-refractivity contribution is 6.03. The van der Waals surface area contributed by atoms with Crippen LogP contribution in [0, 0.1) is 6.92 Å². The molecule has 0 bridgehead atoms. The molecule has 0 saturated carbocycles. The molecule has 0 amide bonds. The number of carboxylic acids is 3. The van der Waals surface area contributed by atoms with E-state index in [1.54, 1.807) is 12.1 Å². The van der Waals surface area contributed by atoms with Gasteiger partial charge in [0.25, 0.3) is 0 Å². The van der Waals surface area contributed by atoms with Gasteiger partial charge in [0.15, 0.2) is 0 Å². The highest BCUT2D eigenvalue weighted by Crippen LogP contribution is 2.21. The van der Waals surface area contributed by atoms with Crippen LogP contribution in [-0.2, 0) is 6.54 Å². The summed E-state index contributed by atoms with van der Waals surface area (Å²) in [5, 5.41) is 27.3. The van der Waals surface area contributed by atoms with Gasteiger partial charge in [0.1, 0.15) is 0 Å². The molecule has 1 aromatic heterocycles. The number of carboxylic acid groups (broad SMARTS) is 3. The van der Waals surface area contributed by atoms with E-state index in [0.29, 0.717) is 5.56 Å². The van der Waals surface area contributed by atoms with Crippen LogP contribution in [-0.4, -0.2) is 37.8 Å². The van der Waals surface area contributed by atoms with Gasteiger partial charge in [-0.05, 0) is 48.4 Å². The van der Waals surface area contributed by atoms with Crippen molar-refractivity contribution in [3.05, 3.63) is 107 Å². The third kappa shape index (κ3) is 4.84. The van der Waals surface area contributed by atoms with E-state index in [-0.39, 0.29) is 16.7 Å². The van der Waals surface area contributed by atoms with Crippen LogP contribution >= 0.6 is 0 Å². The van der Waals surface area contributed by atoms with Crippen molar-refractivity contribution in [1.82, 2.24) is 4.57 Å². The highest BCUT2D eigenvalue weighted by Gasteiger charge is 2.13. The van der Waals surface area contributed by atoms with E-state index in [1.165, 1.54) is 30.7 Å². The number of rotatable bonds is 5. The molecule has 1 heterocycles. The predicted octanol–water partition coefficient (Wildman–Crippen LogP) is 4.78. The fourth-order valence-corrected chi connectivity index (χ4v) is 3.43. The van der Waals surface area contributed by atoms with Gasteiger partial charge in [-0.1, -0.05) is 42.5 Å². The molecule has 4 aromatic rings. The second-order valence-corrected chi connectivity index (χ2v) is 7.06. The molecule has 3 N–H and O–H groups in total. The number of fused-ring (bicyclic) bond motifs is 1. The summed E-state index contributed by atoms with van der Waals surface area (Å²) in [6.07, 6.45) is 1.93. The Balaban J connectivity index is 0.000000195. The number of aromatic nitrogens is 1. The number of benzene rings is 3. The lowest BCUT2D eigenvalue weighted by molar-refractivity contribution is 0.0682. The number of hydrogen-bond acceptors (Lipinski definition) is 3. The first-order valence-electron chi connectivity index (χ1n) is 9.71. The molecule has 3 aromatic carbocycles. The van der Waals surface area contributed by atoms with E-state index >= 15 is 0 Å². The van der Waals surface area contributed by atoms with Gasteiger partial charge in [-0.25, -0.2) is 14.4 Å². The van der Waals surface area contributed by atoms with E-state index in [1.807, 2.05) is 36.5 Å². The molecule has 7 heteroatoms. The Kier molecular flexibility index (Phi) is 6.70. The van der Waals surface area contributed by atoms with Crippen molar-refractivity contribution in [1.29, 1.82) is 0 Å². The van der Waals surface area contributed by atoms with Crippen molar-refractivity contribution in [2.45, 2.75) is 13.5 Å². The lowest BCUT2D eigenvalue weighted by atomic mass is 10.0. The van der Waals surface area contributed by atoms with Crippen molar-refractivity contribution < 1.29 is 29.7 Å². The first-order chi connectivity index (χ1) is 15.3. The van der Waals surface area contributed by atoms with Gasteiger partial charge in [0.2, 0.25) is 0 Å². The number of aromatic carboxylic acids is 3. The number of nitrogens with zero attached hydrogens (tertiary/aromatic N) is 1. The van der Waals surface area contributed by atoms with Crippen LogP contribution in [0.1, 0.15) is 42.2 Å². The van der Waals surface area contributed by atoms with Crippen molar-refractivity contribution in [3.8, 4) is 0 Å². The first-order valence-corrected chi connectivity index (χ1v) is 9.71. The van der Waals surface area contributed by atoms with Gasteiger partial charge >= 0.3 is 17.9 Å². The zero-order valence-corrected chi connectivity index (χ0v) is 17.2. The van der Waals surface area contributed by atoms with E-state index in [0.717, 1.165) is 17.4 Å². The molecule has 7 nitrogen and oxygen atoms in total. The maximum atomic E-state index is 11.2. The maximum Gasteiger partial charge on any atom is 0.336 e. The molecule has 0 saturated heterocycles. The maximum absolute atomic E-state index is 11.2. The molecule has 0 fully saturated rings. The molecule has 0 aliphatic carbocycles. The largest absolute Gasteiger partial charge is 0.478 e. The van der Waals surface area contributed by atoms with Crippen LogP contribution in [0.25, 0.3) is 10.9 Å². The third-order valence-corrected chi connectivity index (χ3v) is 5.03. The molecule has 0 aliphatic rings. The Bertz CT molecular complexity index is 1260. The monoisotopic (exact) mass is 431 g/mol.